The lowest BCUT2D eigenvalue weighted by molar-refractivity contribution is -0.118. The van der Waals surface area contributed by atoms with Crippen molar-refractivity contribution in [2.45, 2.75) is 13.5 Å². The molecule has 6 heteroatoms. The molecule has 0 aliphatic rings. The van der Waals surface area contributed by atoms with E-state index in [-0.39, 0.29) is 18.9 Å². The predicted octanol–water partition coefficient (Wildman–Crippen LogP) is -1.49. The number of hydrogen-bond acceptors (Lipinski definition) is 5. The summed E-state index contributed by atoms with van der Waals surface area (Å²) < 4.78 is 1.41. The van der Waals surface area contributed by atoms with Gasteiger partial charge in [0.2, 0.25) is 0 Å². The van der Waals surface area contributed by atoms with Crippen molar-refractivity contribution in [3.8, 4) is 0 Å². The van der Waals surface area contributed by atoms with Crippen molar-refractivity contribution < 1.29 is 4.79 Å². The van der Waals surface area contributed by atoms with Crippen LogP contribution >= 0.6 is 0 Å². The molecule has 11 heavy (non-hydrogen) atoms. The van der Waals surface area contributed by atoms with Crippen molar-refractivity contribution >= 4 is 5.78 Å². The van der Waals surface area contributed by atoms with Crippen LogP contribution in [0.4, 0.5) is 0 Å². The average Bonchev–Trinajstić information content (AvgIpc) is 2.37. The maximum absolute atomic E-state index is 10.8. The third-order valence-corrected chi connectivity index (χ3v) is 1.26. The Kier molecular flexibility index (Phi) is 2.27. The van der Waals surface area contributed by atoms with Crippen molar-refractivity contribution in [3.63, 3.8) is 0 Å². The van der Waals surface area contributed by atoms with E-state index < -0.39 is 0 Å². The summed E-state index contributed by atoms with van der Waals surface area (Å²) in [4.78, 5) is 10.8. The molecule has 6 nitrogen and oxygen atoms in total. The molecule has 1 aromatic heterocycles. The van der Waals surface area contributed by atoms with Crippen LogP contribution in [0.2, 0.25) is 0 Å². The second kappa shape index (κ2) is 3.20. The zero-order valence-electron chi connectivity index (χ0n) is 6.19. The van der Waals surface area contributed by atoms with Gasteiger partial charge in [0.05, 0.1) is 6.54 Å². The SMILES string of the molecule is Cc1nnnn1CC(=O)CN. The van der Waals surface area contributed by atoms with Gasteiger partial charge in [-0.2, -0.15) is 0 Å². The Morgan fingerprint density at radius 1 is 1.73 bits per heavy atom. The normalized spacial score (nSPS) is 10.0. The van der Waals surface area contributed by atoms with E-state index in [2.05, 4.69) is 15.5 Å². The number of aromatic nitrogens is 4. The second-order valence-electron chi connectivity index (χ2n) is 2.13. The summed E-state index contributed by atoms with van der Waals surface area (Å²) in [6.07, 6.45) is 0. The molecule has 0 aliphatic heterocycles. The number of aryl methyl sites for hydroxylation is 1. The number of nitrogens with two attached hydrogens (primary N) is 1. The van der Waals surface area contributed by atoms with Crippen LogP contribution in [0.25, 0.3) is 0 Å². The van der Waals surface area contributed by atoms with Gasteiger partial charge < -0.3 is 5.73 Å². The van der Waals surface area contributed by atoms with E-state index in [1.807, 2.05) is 0 Å². The van der Waals surface area contributed by atoms with E-state index in [1.165, 1.54) is 4.68 Å². The highest BCUT2D eigenvalue weighted by Gasteiger charge is 2.04. The van der Waals surface area contributed by atoms with Crippen molar-refractivity contribution in [1.29, 1.82) is 0 Å². The van der Waals surface area contributed by atoms with E-state index in [0.29, 0.717) is 5.82 Å². The summed E-state index contributed by atoms with van der Waals surface area (Å²) in [6, 6.07) is 0. The summed E-state index contributed by atoms with van der Waals surface area (Å²) in [5.41, 5.74) is 5.11. The highest BCUT2D eigenvalue weighted by molar-refractivity contribution is 5.79. The van der Waals surface area contributed by atoms with Gasteiger partial charge in [0, 0.05) is 0 Å². The minimum atomic E-state index is -0.0830. The zero-order valence-corrected chi connectivity index (χ0v) is 6.19. The van der Waals surface area contributed by atoms with Gasteiger partial charge in [0.15, 0.2) is 5.78 Å². The van der Waals surface area contributed by atoms with Crippen LogP contribution in [0.5, 0.6) is 0 Å². The predicted molar refractivity (Wildman–Crippen MR) is 36.6 cm³/mol. The van der Waals surface area contributed by atoms with Crippen molar-refractivity contribution in [3.05, 3.63) is 5.82 Å². The molecule has 0 unspecified atom stereocenters. The van der Waals surface area contributed by atoms with Gasteiger partial charge in [-0.05, 0) is 17.4 Å². The van der Waals surface area contributed by atoms with Crippen molar-refractivity contribution in [2.75, 3.05) is 6.54 Å². The molecule has 60 valence electrons. The Morgan fingerprint density at radius 3 is 2.91 bits per heavy atom. The van der Waals surface area contributed by atoms with Crippen LogP contribution in [-0.4, -0.2) is 32.5 Å². The minimum Gasteiger partial charge on any atom is -0.324 e. The van der Waals surface area contributed by atoms with Crippen molar-refractivity contribution in [1.82, 2.24) is 20.2 Å². The first-order valence-corrected chi connectivity index (χ1v) is 3.18. The molecule has 0 saturated heterocycles. The molecule has 1 rings (SSSR count). The van der Waals surface area contributed by atoms with Crippen LogP contribution in [0.1, 0.15) is 5.82 Å². The van der Waals surface area contributed by atoms with Gasteiger partial charge in [-0.25, -0.2) is 4.68 Å². The Hall–Kier alpha value is -1.30. The third kappa shape index (κ3) is 1.81. The third-order valence-electron chi connectivity index (χ3n) is 1.26. The maximum Gasteiger partial charge on any atom is 0.167 e. The van der Waals surface area contributed by atoms with Crippen LogP contribution < -0.4 is 5.73 Å². The summed E-state index contributed by atoms with van der Waals surface area (Å²) >= 11 is 0. The minimum absolute atomic E-state index is 0.0271. The highest BCUT2D eigenvalue weighted by atomic mass is 16.1. The van der Waals surface area contributed by atoms with Crippen LogP contribution in [0, 0.1) is 6.92 Å². The van der Waals surface area contributed by atoms with E-state index in [4.69, 9.17) is 5.73 Å². The van der Waals surface area contributed by atoms with Crippen LogP contribution in [-0.2, 0) is 11.3 Å². The van der Waals surface area contributed by atoms with Gasteiger partial charge in [0.1, 0.15) is 12.4 Å². The first-order valence-electron chi connectivity index (χ1n) is 3.18. The monoisotopic (exact) mass is 155 g/mol. The molecule has 0 atom stereocenters. The number of hydrogen-bond donors (Lipinski definition) is 1. The number of Topliss-reactive ketones (excluding diaryl/α,β-unsaturated/α-hetero) is 1. The van der Waals surface area contributed by atoms with Gasteiger partial charge in [0.25, 0.3) is 0 Å². The average molecular weight is 155 g/mol. The molecule has 0 saturated carbocycles. The van der Waals surface area contributed by atoms with E-state index in [9.17, 15) is 4.79 Å². The largest absolute Gasteiger partial charge is 0.324 e. The fourth-order valence-corrected chi connectivity index (χ4v) is 0.627. The van der Waals surface area contributed by atoms with Crippen LogP contribution in [0.3, 0.4) is 0 Å². The van der Waals surface area contributed by atoms with E-state index >= 15 is 0 Å². The molecule has 0 bridgehead atoms. The quantitative estimate of drug-likeness (QED) is 0.574. The first kappa shape index (κ1) is 7.80. The maximum atomic E-state index is 10.8. The lowest BCUT2D eigenvalue weighted by Gasteiger charge is -1.96. The highest BCUT2D eigenvalue weighted by Crippen LogP contribution is 1.87. The lowest BCUT2D eigenvalue weighted by atomic mass is 10.4. The Morgan fingerprint density at radius 2 is 2.45 bits per heavy atom. The molecule has 0 fully saturated rings. The number of rotatable bonds is 3. The smallest absolute Gasteiger partial charge is 0.167 e. The zero-order chi connectivity index (χ0) is 8.27. The first-order chi connectivity index (χ1) is 5.24. The Labute approximate surface area is 63.4 Å². The number of carbonyl (C=O) groups excluding carboxylic acids is 1. The summed E-state index contributed by atoms with van der Waals surface area (Å²) in [5.74, 6) is 0.534. The lowest BCUT2D eigenvalue weighted by Crippen LogP contribution is -2.20. The summed E-state index contributed by atoms with van der Waals surface area (Å²) in [5, 5.41) is 10.6. The van der Waals surface area contributed by atoms with Gasteiger partial charge in [-0.3, -0.25) is 4.79 Å². The molecule has 0 aromatic carbocycles. The molecule has 0 radical (unpaired) electrons. The summed E-state index contributed by atoms with van der Waals surface area (Å²) in [7, 11) is 0. The molecule has 2 N–H and O–H groups in total. The molecular weight excluding hydrogens is 146 g/mol. The molecule has 1 aromatic rings. The Bertz CT molecular complexity index is 255. The van der Waals surface area contributed by atoms with E-state index in [0.717, 1.165) is 0 Å². The van der Waals surface area contributed by atoms with Gasteiger partial charge in [-0.15, -0.1) is 5.10 Å². The number of tetrazole rings is 1. The number of nitrogens with zero attached hydrogens (tertiary/aromatic N) is 4. The Balaban J connectivity index is 2.64. The fourth-order valence-electron chi connectivity index (χ4n) is 0.627. The molecular formula is C5H9N5O. The molecule has 1 heterocycles. The topological polar surface area (TPSA) is 86.7 Å². The van der Waals surface area contributed by atoms with Gasteiger partial charge >= 0.3 is 0 Å². The van der Waals surface area contributed by atoms with Crippen molar-refractivity contribution in [2.24, 2.45) is 5.73 Å². The summed E-state index contributed by atoms with van der Waals surface area (Å²) in [6.45, 7) is 1.92. The molecule has 0 spiro atoms. The number of ketones is 1. The van der Waals surface area contributed by atoms with Crippen LogP contribution in [0.15, 0.2) is 0 Å². The van der Waals surface area contributed by atoms with Gasteiger partial charge in [-0.1, -0.05) is 0 Å². The van der Waals surface area contributed by atoms with E-state index in [1.54, 1.807) is 6.92 Å². The fraction of sp³-hybridized carbons (Fsp3) is 0.600. The standard InChI is InChI=1S/C5H9N5O/c1-4-7-8-9-10(4)3-5(11)2-6/h2-3,6H2,1H3. The molecule has 0 amide bonds. The number of carbonyl (C=O) groups is 1. The second-order valence-corrected chi connectivity index (χ2v) is 2.13. The molecule has 0 aliphatic carbocycles.